The fourth-order valence-corrected chi connectivity index (χ4v) is 0.875. The van der Waals surface area contributed by atoms with Gasteiger partial charge in [-0.05, 0) is 17.7 Å². The second-order valence-corrected chi connectivity index (χ2v) is 2.22. The Morgan fingerprint density at radius 1 is 1.46 bits per heavy atom. The molecule has 4 heteroatoms. The van der Waals surface area contributed by atoms with Crippen molar-refractivity contribution in [1.29, 1.82) is 0 Å². The molecule has 0 heterocycles. The molecular formula is C9H9O3Y-. The molecule has 13 heavy (non-hydrogen) atoms. The van der Waals surface area contributed by atoms with Crippen LogP contribution in [-0.2, 0) is 48.8 Å². The van der Waals surface area contributed by atoms with Crippen LogP contribution in [0.5, 0.6) is 5.75 Å². The van der Waals surface area contributed by atoms with Crippen LogP contribution in [0.4, 0.5) is 0 Å². The maximum absolute atomic E-state index is 9.75. The van der Waals surface area contributed by atoms with E-state index in [-0.39, 0.29) is 39.3 Å². The van der Waals surface area contributed by atoms with Gasteiger partial charge in [-0.1, -0.05) is 18.6 Å². The molecule has 0 aromatic heterocycles. The Labute approximate surface area is 102 Å². The van der Waals surface area contributed by atoms with E-state index in [4.69, 9.17) is 4.74 Å². The van der Waals surface area contributed by atoms with Gasteiger partial charge in [0.05, 0.1) is 13.7 Å². The van der Waals surface area contributed by atoms with Crippen molar-refractivity contribution < 1.29 is 47.0 Å². The number of hydrogen-bond acceptors (Lipinski definition) is 3. The third-order valence-corrected chi connectivity index (χ3v) is 1.43. The largest absolute Gasteiger partial charge is 0.650 e. The summed E-state index contributed by atoms with van der Waals surface area (Å²) in [5.41, 5.74) is 0.887. The van der Waals surface area contributed by atoms with E-state index >= 15 is 0 Å². The predicted molar refractivity (Wildman–Crippen MR) is 43.5 cm³/mol. The molecule has 1 rings (SSSR count). The van der Waals surface area contributed by atoms with Crippen molar-refractivity contribution >= 4 is 6.47 Å². The molecule has 0 amide bonds. The minimum atomic E-state index is 0. The topological polar surface area (TPSA) is 35.5 Å². The Morgan fingerprint density at radius 3 is 2.85 bits per heavy atom. The smallest absolute Gasteiger partial charge is 0.119 e. The summed E-state index contributed by atoms with van der Waals surface area (Å²) in [7, 11) is 1.59. The van der Waals surface area contributed by atoms with Crippen LogP contribution in [0, 0.1) is 0 Å². The Morgan fingerprint density at radius 2 is 2.23 bits per heavy atom. The quantitative estimate of drug-likeness (QED) is 0.759. The van der Waals surface area contributed by atoms with Crippen LogP contribution < -0.4 is 4.74 Å². The molecule has 0 aliphatic rings. The van der Waals surface area contributed by atoms with Crippen LogP contribution in [0.25, 0.3) is 0 Å². The van der Waals surface area contributed by atoms with Gasteiger partial charge in [0, 0.05) is 32.7 Å². The van der Waals surface area contributed by atoms with E-state index in [1.165, 1.54) is 6.47 Å². The zero-order valence-corrected chi connectivity index (χ0v) is 10.2. The monoisotopic (exact) mass is 254 g/mol. The van der Waals surface area contributed by atoms with E-state index in [1.807, 2.05) is 18.2 Å². The van der Waals surface area contributed by atoms with Gasteiger partial charge in [0.2, 0.25) is 0 Å². The Hall–Kier alpha value is -0.406. The Kier molecular flexibility index (Phi) is 6.82. The zero-order valence-electron chi connectivity index (χ0n) is 7.32. The van der Waals surface area contributed by atoms with Crippen LogP contribution in [0.15, 0.2) is 24.3 Å². The maximum atomic E-state index is 9.75. The first-order valence-corrected chi connectivity index (χ1v) is 3.48. The van der Waals surface area contributed by atoms with Crippen molar-refractivity contribution in [2.45, 2.75) is 6.61 Å². The van der Waals surface area contributed by atoms with Gasteiger partial charge in [-0.25, -0.2) is 0 Å². The number of rotatable bonds is 4. The number of ether oxygens (including phenoxy) is 2. The van der Waals surface area contributed by atoms with E-state index in [9.17, 15) is 4.79 Å². The van der Waals surface area contributed by atoms with Crippen molar-refractivity contribution in [1.82, 2.24) is 0 Å². The van der Waals surface area contributed by atoms with Gasteiger partial charge >= 0.3 is 0 Å². The minimum absolute atomic E-state index is 0. The molecule has 0 saturated carbocycles. The maximum Gasteiger partial charge on any atom is 0.119 e. The van der Waals surface area contributed by atoms with Crippen LogP contribution in [0.3, 0.4) is 0 Å². The van der Waals surface area contributed by atoms with Crippen molar-refractivity contribution in [3.8, 4) is 5.75 Å². The first-order chi connectivity index (χ1) is 5.86. The summed E-state index contributed by atoms with van der Waals surface area (Å²) in [5, 5.41) is 0. The SMILES string of the molecule is COc1cccc(CO[C-]=O)c1.[Y]. The van der Waals surface area contributed by atoms with Crippen LogP contribution in [-0.4, -0.2) is 13.6 Å². The molecule has 67 valence electrons. The molecule has 0 aliphatic heterocycles. The summed E-state index contributed by atoms with van der Waals surface area (Å²) in [6.45, 7) is 1.60. The summed E-state index contributed by atoms with van der Waals surface area (Å²) in [6, 6.07) is 7.31. The standard InChI is InChI=1S/C9H9O3.Y/c1-11-9-4-2-3-8(5-9)6-12-7-10;/h2-5H,6H2,1H3;/q-1;. The van der Waals surface area contributed by atoms with Gasteiger partial charge in [0.1, 0.15) is 5.75 Å². The first-order valence-electron chi connectivity index (χ1n) is 3.48. The second-order valence-electron chi connectivity index (χ2n) is 2.22. The van der Waals surface area contributed by atoms with Gasteiger partial charge < -0.3 is 14.3 Å². The number of methoxy groups -OCH3 is 1. The molecular weight excluding hydrogens is 245 g/mol. The molecule has 0 atom stereocenters. The van der Waals surface area contributed by atoms with Gasteiger partial charge in [0.25, 0.3) is 0 Å². The van der Waals surface area contributed by atoms with Gasteiger partial charge in [-0.15, -0.1) is 0 Å². The molecule has 1 aromatic rings. The third kappa shape index (κ3) is 4.39. The van der Waals surface area contributed by atoms with E-state index in [2.05, 4.69) is 4.74 Å². The summed E-state index contributed by atoms with van der Waals surface area (Å²) in [5.74, 6) is 0.752. The van der Waals surface area contributed by atoms with Gasteiger partial charge in [-0.2, -0.15) is 0 Å². The van der Waals surface area contributed by atoms with Crippen LogP contribution >= 0.6 is 0 Å². The van der Waals surface area contributed by atoms with Crippen molar-refractivity contribution in [2.75, 3.05) is 7.11 Å². The van der Waals surface area contributed by atoms with Gasteiger partial charge in [-0.3, -0.25) is 0 Å². The number of benzene rings is 1. The molecule has 0 bridgehead atoms. The molecule has 0 spiro atoms. The van der Waals surface area contributed by atoms with E-state index in [0.717, 1.165) is 11.3 Å². The number of carbonyl (C=O) groups excluding carboxylic acids is 1. The van der Waals surface area contributed by atoms with Crippen LogP contribution in [0.1, 0.15) is 5.56 Å². The third-order valence-electron chi connectivity index (χ3n) is 1.43. The second kappa shape index (κ2) is 7.04. The van der Waals surface area contributed by atoms with Crippen molar-refractivity contribution in [2.24, 2.45) is 0 Å². The zero-order chi connectivity index (χ0) is 8.81. The molecule has 1 radical (unpaired) electrons. The fraction of sp³-hybridized carbons (Fsp3) is 0.222. The molecule has 0 saturated heterocycles. The molecule has 0 aliphatic carbocycles. The molecule has 3 nitrogen and oxygen atoms in total. The van der Waals surface area contributed by atoms with Crippen molar-refractivity contribution in [3.63, 3.8) is 0 Å². The van der Waals surface area contributed by atoms with Crippen molar-refractivity contribution in [3.05, 3.63) is 29.8 Å². The predicted octanol–water partition coefficient (Wildman–Crippen LogP) is 1.28. The Balaban J connectivity index is 0.00000144. The van der Waals surface area contributed by atoms with E-state index < -0.39 is 0 Å². The Bertz CT molecular complexity index is 263. The molecule has 0 unspecified atom stereocenters. The van der Waals surface area contributed by atoms with E-state index in [1.54, 1.807) is 13.2 Å². The van der Waals surface area contributed by atoms with E-state index in [0.29, 0.717) is 0 Å². The molecule has 1 aromatic carbocycles. The summed E-state index contributed by atoms with van der Waals surface area (Å²) in [4.78, 5) is 9.75. The number of hydrogen-bond donors (Lipinski definition) is 0. The average molecular weight is 254 g/mol. The summed E-state index contributed by atoms with van der Waals surface area (Å²) in [6.07, 6.45) is 0. The first kappa shape index (κ1) is 12.6. The molecule has 0 fully saturated rings. The average Bonchev–Trinajstić information content (AvgIpc) is 2.15. The summed E-state index contributed by atoms with van der Waals surface area (Å²) < 4.78 is 9.44. The summed E-state index contributed by atoms with van der Waals surface area (Å²) >= 11 is 0. The molecule has 0 N–H and O–H groups in total. The normalized spacial score (nSPS) is 8.38. The van der Waals surface area contributed by atoms with Gasteiger partial charge in [0.15, 0.2) is 0 Å². The fourth-order valence-electron chi connectivity index (χ4n) is 0.875. The van der Waals surface area contributed by atoms with Crippen LogP contribution in [0.2, 0.25) is 0 Å². The minimum Gasteiger partial charge on any atom is -0.650 e.